The summed E-state index contributed by atoms with van der Waals surface area (Å²) in [5.74, 6) is 1.60. The lowest BCUT2D eigenvalue weighted by atomic mass is 10.1. The van der Waals surface area contributed by atoms with Gasteiger partial charge in [0.05, 0.1) is 17.7 Å². The van der Waals surface area contributed by atoms with Crippen LogP contribution in [0.4, 0.5) is 11.5 Å². The fourth-order valence-electron chi connectivity index (χ4n) is 4.51. The summed E-state index contributed by atoms with van der Waals surface area (Å²) < 4.78 is 34.6. The molecule has 0 atom stereocenters. The van der Waals surface area contributed by atoms with E-state index in [-0.39, 0.29) is 4.90 Å². The molecule has 1 aromatic heterocycles. The molecule has 4 rings (SSSR count). The monoisotopic (exact) mass is 480 g/mol. The lowest BCUT2D eigenvalue weighted by Crippen LogP contribution is -2.25. The van der Waals surface area contributed by atoms with Crippen LogP contribution < -0.4 is 14.4 Å². The first-order valence-electron chi connectivity index (χ1n) is 11.7. The van der Waals surface area contributed by atoms with Crippen LogP contribution in [0.3, 0.4) is 0 Å². The van der Waals surface area contributed by atoms with Gasteiger partial charge in [-0.1, -0.05) is 25.0 Å². The predicted octanol–water partition coefficient (Wildman–Crippen LogP) is 5.26. The lowest BCUT2D eigenvalue weighted by Gasteiger charge is -2.20. The predicted molar refractivity (Wildman–Crippen MR) is 136 cm³/mol. The number of nitrogens with one attached hydrogen (secondary N) is 1. The van der Waals surface area contributed by atoms with Crippen molar-refractivity contribution >= 4 is 21.5 Å². The van der Waals surface area contributed by atoms with E-state index in [1.54, 1.807) is 32.2 Å². The van der Waals surface area contributed by atoms with E-state index in [0.29, 0.717) is 22.7 Å². The third kappa shape index (κ3) is 5.01. The number of benzene rings is 2. The Morgan fingerprint density at radius 2 is 1.65 bits per heavy atom. The maximum Gasteiger partial charge on any atom is 0.262 e. The third-order valence-electron chi connectivity index (χ3n) is 6.46. The number of nitrogens with zero attached hydrogens (tertiary/aromatic N) is 3. The first kappa shape index (κ1) is 24.0. The van der Waals surface area contributed by atoms with Crippen LogP contribution in [0, 0.1) is 20.8 Å². The number of hydrogen-bond donors (Lipinski definition) is 1. The molecule has 1 aliphatic heterocycles. The summed E-state index contributed by atoms with van der Waals surface area (Å²) in [6.45, 7) is 7.53. The van der Waals surface area contributed by atoms with Gasteiger partial charge in [-0.3, -0.25) is 4.72 Å². The lowest BCUT2D eigenvalue weighted by molar-refractivity contribution is 0.407. The highest BCUT2D eigenvalue weighted by Crippen LogP contribution is 2.32. The minimum Gasteiger partial charge on any atom is -0.496 e. The van der Waals surface area contributed by atoms with E-state index in [4.69, 9.17) is 4.74 Å². The third-order valence-corrected chi connectivity index (χ3v) is 7.97. The summed E-state index contributed by atoms with van der Waals surface area (Å²) in [5, 5.41) is 8.87. The Labute approximate surface area is 202 Å². The summed E-state index contributed by atoms with van der Waals surface area (Å²) in [6, 6.07) is 12.8. The van der Waals surface area contributed by atoms with Crippen LogP contribution in [0.1, 0.15) is 42.4 Å². The van der Waals surface area contributed by atoms with Crippen molar-refractivity contribution in [3.63, 3.8) is 0 Å². The molecule has 0 bridgehead atoms. The number of sulfonamides is 1. The highest BCUT2D eigenvalue weighted by atomic mass is 32.2. The fraction of sp³-hybridized carbons (Fsp3) is 0.385. The zero-order valence-corrected chi connectivity index (χ0v) is 21.1. The molecule has 1 aliphatic rings. The second kappa shape index (κ2) is 10.0. The Morgan fingerprint density at radius 1 is 0.912 bits per heavy atom. The van der Waals surface area contributed by atoms with E-state index < -0.39 is 10.0 Å². The average Bonchev–Trinajstić information content (AvgIpc) is 3.11. The Morgan fingerprint density at radius 3 is 2.29 bits per heavy atom. The highest BCUT2D eigenvalue weighted by molar-refractivity contribution is 7.92. The summed E-state index contributed by atoms with van der Waals surface area (Å²) in [6.07, 6.45) is 4.89. The molecule has 3 aromatic rings. The van der Waals surface area contributed by atoms with Crippen LogP contribution in [0.15, 0.2) is 47.4 Å². The van der Waals surface area contributed by atoms with Crippen molar-refractivity contribution in [2.45, 2.75) is 51.3 Å². The Bertz CT molecular complexity index is 1270. The number of aromatic nitrogens is 2. The van der Waals surface area contributed by atoms with Crippen LogP contribution in [-0.4, -0.2) is 38.8 Å². The molecule has 1 N–H and O–H groups in total. The van der Waals surface area contributed by atoms with E-state index in [9.17, 15) is 8.42 Å². The molecule has 0 unspecified atom stereocenters. The molecule has 34 heavy (non-hydrogen) atoms. The van der Waals surface area contributed by atoms with Gasteiger partial charge in [-0.25, -0.2) is 8.42 Å². The number of anilines is 2. The van der Waals surface area contributed by atoms with Crippen LogP contribution in [-0.2, 0) is 10.0 Å². The maximum atomic E-state index is 13.2. The van der Waals surface area contributed by atoms with Crippen LogP contribution >= 0.6 is 0 Å². The van der Waals surface area contributed by atoms with Gasteiger partial charge in [-0.05, 0) is 80.6 Å². The molecular weight excluding hydrogens is 448 g/mol. The molecule has 7 nitrogen and oxygen atoms in total. The van der Waals surface area contributed by atoms with Crippen molar-refractivity contribution < 1.29 is 13.2 Å². The van der Waals surface area contributed by atoms with Gasteiger partial charge in [0.25, 0.3) is 10.0 Å². The van der Waals surface area contributed by atoms with E-state index in [0.717, 1.165) is 35.6 Å². The standard InChI is InChI=1S/C26H32N4O3S/c1-18-16-24(19(2)20(3)26(18)33-4)34(31,32)29-22-11-9-10-21(17-22)23-12-13-25(28-27-23)30-14-7-5-6-8-15-30/h9-13,16-17,29H,5-8,14-15H2,1-4H3. The van der Waals surface area contributed by atoms with Gasteiger partial charge in [0.2, 0.25) is 0 Å². The molecule has 0 radical (unpaired) electrons. The largest absolute Gasteiger partial charge is 0.496 e. The minimum atomic E-state index is -3.79. The van der Waals surface area contributed by atoms with E-state index in [2.05, 4.69) is 19.8 Å². The number of aryl methyl sites for hydroxylation is 1. The number of rotatable bonds is 6. The first-order valence-corrected chi connectivity index (χ1v) is 13.1. The molecule has 2 heterocycles. The number of hydrogen-bond acceptors (Lipinski definition) is 6. The molecule has 0 aliphatic carbocycles. The van der Waals surface area contributed by atoms with Gasteiger partial charge < -0.3 is 9.64 Å². The SMILES string of the molecule is COc1c(C)cc(S(=O)(=O)Nc2cccc(-c3ccc(N4CCCCCC4)nn3)c2)c(C)c1C. The number of methoxy groups -OCH3 is 1. The Kier molecular flexibility index (Phi) is 7.07. The molecule has 1 saturated heterocycles. The van der Waals surface area contributed by atoms with Crippen molar-refractivity contribution in [2.24, 2.45) is 0 Å². The van der Waals surface area contributed by atoms with Gasteiger partial charge in [0.1, 0.15) is 5.75 Å². The molecule has 0 saturated carbocycles. The molecule has 2 aromatic carbocycles. The minimum absolute atomic E-state index is 0.246. The summed E-state index contributed by atoms with van der Waals surface area (Å²) in [7, 11) is -2.19. The molecule has 180 valence electrons. The smallest absolute Gasteiger partial charge is 0.262 e. The Hall–Kier alpha value is -3.13. The van der Waals surface area contributed by atoms with Crippen molar-refractivity contribution in [2.75, 3.05) is 29.8 Å². The average molecular weight is 481 g/mol. The van der Waals surface area contributed by atoms with Crippen LogP contribution in [0.25, 0.3) is 11.3 Å². The number of ether oxygens (including phenoxy) is 1. The van der Waals surface area contributed by atoms with E-state index >= 15 is 0 Å². The second-order valence-corrected chi connectivity index (χ2v) is 10.5. The zero-order valence-electron chi connectivity index (χ0n) is 20.3. The maximum absolute atomic E-state index is 13.2. The molecule has 8 heteroatoms. The summed E-state index contributed by atoms with van der Waals surface area (Å²) >= 11 is 0. The van der Waals surface area contributed by atoms with Crippen molar-refractivity contribution in [1.29, 1.82) is 0 Å². The Balaban J connectivity index is 1.57. The van der Waals surface area contributed by atoms with E-state index in [1.165, 1.54) is 25.7 Å². The van der Waals surface area contributed by atoms with Gasteiger partial charge in [-0.2, -0.15) is 0 Å². The van der Waals surface area contributed by atoms with Crippen LogP contribution in [0.2, 0.25) is 0 Å². The second-order valence-electron chi connectivity index (χ2n) is 8.84. The summed E-state index contributed by atoms with van der Waals surface area (Å²) in [5.41, 5.74) is 4.24. The topological polar surface area (TPSA) is 84.4 Å². The normalized spacial score (nSPS) is 14.5. The fourth-order valence-corrected chi connectivity index (χ4v) is 5.95. The van der Waals surface area contributed by atoms with Crippen molar-refractivity contribution in [3.05, 3.63) is 59.2 Å². The van der Waals surface area contributed by atoms with E-state index in [1.807, 2.05) is 38.1 Å². The molecule has 1 fully saturated rings. The van der Waals surface area contributed by atoms with Gasteiger partial charge in [0.15, 0.2) is 5.82 Å². The van der Waals surface area contributed by atoms with Crippen molar-refractivity contribution in [3.8, 4) is 17.0 Å². The molecule has 0 amide bonds. The molecular formula is C26H32N4O3S. The van der Waals surface area contributed by atoms with Gasteiger partial charge in [0, 0.05) is 24.3 Å². The van der Waals surface area contributed by atoms with Crippen molar-refractivity contribution in [1.82, 2.24) is 10.2 Å². The summed E-state index contributed by atoms with van der Waals surface area (Å²) in [4.78, 5) is 2.53. The first-order chi connectivity index (χ1) is 16.3. The van der Waals surface area contributed by atoms with Gasteiger partial charge in [-0.15, -0.1) is 10.2 Å². The van der Waals surface area contributed by atoms with Gasteiger partial charge >= 0.3 is 0 Å². The quantitative estimate of drug-likeness (QED) is 0.518. The van der Waals surface area contributed by atoms with Crippen LogP contribution in [0.5, 0.6) is 5.75 Å². The zero-order chi connectivity index (χ0) is 24.3. The highest BCUT2D eigenvalue weighted by Gasteiger charge is 2.22. The molecule has 0 spiro atoms.